The highest BCUT2D eigenvalue weighted by atomic mass is 16.2. The van der Waals surface area contributed by atoms with Gasteiger partial charge >= 0.3 is 5.69 Å². The van der Waals surface area contributed by atoms with Crippen LogP contribution in [0.5, 0.6) is 0 Å². The normalized spacial score (nSPS) is 10.7. The number of rotatable bonds is 1. The fourth-order valence-electron chi connectivity index (χ4n) is 1.56. The summed E-state index contributed by atoms with van der Waals surface area (Å²) < 4.78 is 1.21. The number of H-pyrrole nitrogens is 1. The molecule has 0 aliphatic heterocycles. The lowest BCUT2D eigenvalue weighted by Crippen LogP contribution is -2.28. The monoisotopic (exact) mass is 241 g/mol. The molecular formula is C11H7N5O2. The van der Waals surface area contributed by atoms with Crippen molar-refractivity contribution in [2.45, 2.75) is 0 Å². The van der Waals surface area contributed by atoms with E-state index in [0.29, 0.717) is 17.0 Å². The zero-order valence-electron chi connectivity index (χ0n) is 9.07. The summed E-state index contributed by atoms with van der Waals surface area (Å²) in [6, 6.07) is 4.72. The van der Waals surface area contributed by atoms with Crippen molar-refractivity contribution in [3.05, 3.63) is 57.6 Å². The van der Waals surface area contributed by atoms with Gasteiger partial charge in [0.1, 0.15) is 5.52 Å². The number of nitrogens with one attached hydrogen (secondary N) is 1. The van der Waals surface area contributed by atoms with E-state index >= 15 is 0 Å². The van der Waals surface area contributed by atoms with E-state index in [1.54, 1.807) is 18.3 Å². The fourth-order valence-corrected chi connectivity index (χ4v) is 1.56. The topological polar surface area (TPSA) is 93.5 Å². The van der Waals surface area contributed by atoms with Crippen LogP contribution in [-0.4, -0.2) is 24.5 Å². The average Bonchev–Trinajstić information content (AvgIpc) is 2.38. The van der Waals surface area contributed by atoms with E-state index in [9.17, 15) is 9.59 Å². The molecule has 0 aromatic carbocycles. The Hall–Kier alpha value is -2.83. The second-order valence-electron chi connectivity index (χ2n) is 3.55. The van der Waals surface area contributed by atoms with Crippen molar-refractivity contribution in [2.75, 3.05) is 0 Å². The molecule has 0 aliphatic rings. The highest BCUT2D eigenvalue weighted by molar-refractivity contribution is 5.69. The van der Waals surface area contributed by atoms with E-state index in [0.717, 1.165) is 0 Å². The Morgan fingerprint density at radius 2 is 2.06 bits per heavy atom. The molecule has 0 atom stereocenters. The summed E-state index contributed by atoms with van der Waals surface area (Å²) in [7, 11) is 0. The molecule has 0 aliphatic carbocycles. The molecule has 0 bridgehead atoms. The van der Waals surface area contributed by atoms with Crippen LogP contribution in [0.15, 0.2) is 46.4 Å². The van der Waals surface area contributed by atoms with Gasteiger partial charge in [0.25, 0.3) is 5.56 Å². The molecule has 0 saturated heterocycles. The molecule has 3 aromatic rings. The predicted octanol–water partition coefficient (Wildman–Crippen LogP) is -0.136. The molecule has 0 fully saturated rings. The molecule has 7 nitrogen and oxygen atoms in total. The third-order valence-corrected chi connectivity index (χ3v) is 2.37. The maximum absolute atomic E-state index is 11.6. The lowest BCUT2D eigenvalue weighted by Gasteiger charge is -2.03. The number of aromatic amines is 1. The van der Waals surface area contributed by atoms with E-state index in [1.165, 1.54) is 23.0 Å². The molecule has 1 N–H and O–H groups in total. The molecule has 0 saturated carbocycles. The van der Waals surface area contributed by atoms with Crippen molar-refractivity contribution in [1.82, 2.24) is 24.5 Å². The molecule has 18 heavy (non-hydrogen) atoms. The van der Waals surface area contributed by atoms with Gasteiger partial charge in [-0.2, -0.15) is 0 Å². The molecule has 0 radical (unpaired) electrons. The Morgan fingerprint density at radius 1 is 1.17 bits per heavy atom. The zero-order valence-corrected chi connectivity index (χ0v) is 9.07. The Morgan fingerprint density at radius 3 is 2.89 bits per heavy atom. The van der Waals surface area contributed by atoms with Gasteiger partial charge in [0.2, 0.25) is 0 Å². The van der Waals surface area contributed by atoms with Crippen LogP contribution in [0.2, 0.25) is 0 Å². The lowest BCUT2D eigenvalue weighted by atomic mass is 10.4. The minimum atomic E-state index is -0.556. The van der Waals surface area contributed by atoms with E-state index in [2.05, 4.69) is 19.9 Å². The molecule has 3 aromatic heterocycles. The van der Waals surface area contributed by atoms with Gasteiger partial charge in [0.15, 0.2) is 11.5 Å². The van der Waals surface area contributed by atoms with Crippen LogP contribution in [0.3, 0.4) is 0 Å². The Balaban J connectivity index is 2.25. The minimum absolute atomic E-state index is 0.330. The van der Waals surface area contributed by atoms with Crippen LogP contribution in [0.1, 0.15) is 0 Å². The summed E-state index contributed by atoms with van der Waals surface area (Å²) in [5, 5.41) is 0. The Kier molecular flexibility index (Phi) is 2.23. The van der Waals surface area contributed by atoms with Crippen molar-refractivity contribution >= 4 is 11.2 Å². The van der Waals surface area contributed by atoms with Gasteiger partial charge in [-0.05, 0) is 12.1 Å². The molecular weight excluding hydrogens is 234 g/mol. The van der Waals surface area contributed by atoms with Gasteiger partial charge in [-0.1, -0.05) is 0 Å². The smallest absolute Gasteiger partial charge is 0.274 e. The van der Waals surface area contributed by atoms with E-state index in [-0.39, 0.29) is 0 Å². The molecule has 7 heteroatoms. The highest BCUT2D eigenvalue weighted by Gasteiger charge is 2.04. The average molecular weight is 241 g/mol. The van der Waals surface area contributed by atoms with Gasteiger partial charge in [-0.3, -0.25) is 14.3 Å². The first kappa shape index (κ1) is 10.3. The maximum atomic E-state index is 11.6. The van der Waals surface area contributed by atoms with Crippen LogP contribution in [0.25, 0.3) is 17.0 Å². The SMILES string of the molecule is O=c1ccn(-c2cnc3ncccc3n2)c(=O)[nH]1. The van der Waals surface area contributed by atoms with Crippen LogP contribution in [0.4, 0.5) is 0 Å². The number of hydrogen-bond donors (Lipinski definition) is 1. The summed E-state index contributed by atoms with van der Waals surface area (Å²) in [4.78, 5) is 37.1. The first-order chi connectivity index (χ1) is 8.74. The van der Waals surface area contributed by atoms with Gasteiger partial charge in [0.05, 0.1) is 6.20 Å². The zero-order chi connectivity index (χ0) is 12.5. The molecule has 0 spiro atoms. The Labute approximate surface area is 99.8 Å². The first-order valence-electron chi connectivity index (χ1n) is 5.14. The summed E-state index contributed by atoms with van der Waals surface area (Å²) >= 11 is 0. The minimum Gasteiger partial charge on any atom is -0.274 e. The van der Waals surface area contributed by atoms with Crippen LogP contribution in [-0.2, 0) is 0 Å². The summed E-state index contributed by atoms with van der Waals surface area (Å²) in [5.74, 6) is 0.330. The first-order valence-corrected chi connectivity index (χ1v) is 5.14. The van der Waals surface area contributed by atoms with E-state index in [4.69, 9.17) is 0 Å². The van der Waals surface area contributed by atoms with Gasteiger partial charge in [-0.25, -0.2) is 19.7 Å². The molecule has 3 rings (SSSR count). The highest BCUT2D eigenvalue weighted by Crippen LogP contribution is 2.06. The third-order valence-electron chi connectivity index (χ3n) is 2.37. The number of nitrogens with zero attached hydrogens (tertiary/aromatic N) is 4. The number of fused-ring (bicyclic) bond motifs is 1. The van der Waals surface area contributed by atoms with Crippen molar-refractivity contribution in [1.29, 1.82) is 0 Å². The molecule has 3 heterocycles. The number of pyridine rings is 1. The van der Waals surface area contributed by atoms with Crippen LogP contribution < -0.4 is 11.2 Å². The fraction of sp³-hybridized carbons (Fsp3) is 0. The molecule has 0 unspecified atom stereocenters. The maximum Gasteiger partial charge on any atom is 0.334 e. The lowest BCUT2D eigenvalue weighted by molar-refractivity contribution is 0.865. The van der Waals surface area contributed by atoms with Crippen molar-refractivity contribution in [3.63, 3.8) is 0 Å². The second kappa shape index (κ2) is 3.88. The summed E-state index contributed by atoms with van der Waals surface area (Å²) in [5.41, 5.74) is 0.0681. The second-order valence-corrected chi connectivity index (χ2v) is 3.55. The van der Waals surface area contributed by atoms with Crippen LogP contribution >= 0.6 is 0 Å². The van der Waals surface area contributed by atoms with E-state index < -0.39 is 11.2 Å². The largest absolute Gasteiger partial charge is 0.334 e. The van der Waals surface area contributed by atoms with Crippen molar-refractivity contribution in [3.8, 4) is 5.82 Å². The standard InChI is InChI=1S/C11H7N5O2/c17-9-3-5-16(11(18)15-9)8-6-13-10-7(14-8)2-1-4-12-10/h1-6H,(H,15,17,18). The number of hydrogen-bond acceptors (Lipinski definition) is 5. The van der Waals surface area contributed by atoms with Crippen LogP contribution in [0, 0.1) is 0 Å². The third kappa shape index (κ3) is 1.67. The van der Waals surface area contributed by atoms with Gasteiger partial charge in [0, 0.05) is 18.5 Å². The number of aromatic nitrogens is 5. The quantitative estimate of drug-likeness (QED) is 0.640. The van der Waals surface area contributed by atoms with Crippen molar-refractivity contribution < 1.29 is 0 Å². The van der Waals surface area contributed by atoms with Crippen molar-refractivity contribution in [2.24, 2.45) is 0 Å². The van der Waals surface area contributed by atoms with Gasteiger partial charge in [-0.15, -0.1) is 0 Å². The van der Waals surface area contributed by atoms with E-state index in [1.807, 2.05) is 0 Å². The molecule has 88 valence electrons. The predicted molar refractivity (Wildman–Crippen MR) is 63.6 cm³/mol. The van der Waals surface area contributed by atoms with Gasteiger partial charge < -0.3 is 0 Å². The Bertz CT molecular complexity index is 836. The summed E-state index contributed by atoms with van der Waals surface area (Å²) in [6.45, 7) is 0. The summed E-state index contributed by atoms with van der Waals surface area (Å²) in [6.07, 6.45) is 4.39. The molecule has 0 amide bonds.